The second-order valence-electron chi connectivity index (χ2n) is 4.71. The summed E-state index contributed by atoms with van der Waals surface area (Å²) in [5, 5.41) is 0. The van der Waals surface area contributed by atoms with E-state index in [-0.39, 0.29) is 11.5 Å². The zero-order chi connectivity index (χ0) is 14.8. The fourth-order valence-corrected chi connectivity index (χ4v) is 2.37. The largest absolute Gasteiger partial charge is 0.434 e. The molecule has 1 aliphatic carbocycles. The van der Waals surface area contributed by atoms with E-state index in [1.807, 2.05) is 0 Å². The molecule has 0 aliphatic heterocycles. The molecule has 0 atom stereocenters. The molecule has 21 heavy (non-hydrogen) atoms. The number of ketones is 1. The molecule has 0 saturated heterocycles. The maximum atomic E-state index is 12.4. The molecule has 0 radical (unpaired) electrons. The lowest BCUT2D eigenvalue weighted by atomic mass is 9.96. The van der Waals surface area contributed by atoms with Gasteiger partial charge < -0.3 is 4.74 Å². The Bertz CT molecular complexity index is 689. The Kier molecular flexibility index (Phi) is 3.60. The molecule has 6 heteroatoms. The molecule has 1 aliphatic rings. The van der Waals surface area contributed by atoms with Crippen LogP contribution in [0.5, 0.6) is 5.75 Å². The highest BCUT2D eigenvalue weighted by Crippen LogP contribution is 2.30. The van der Waals surface area contributed by atoms with E-state index >= 15 is 0 Å². The van der Waals surface area contributed by atoms with Crippen LogP contribution in [-0.4, -0.2) is 22.4 Å². The Morgan fingerprint density at radius 2 is 1.95 bits per heavy atom. The number of aromatic nitrogens is 2. The number of fused-ring (bicyclic) bond motifs is 1. The van der Waals surface area contributed by atoms with Crippen molar-refractivity contribution in [1.82, 2.24) is 9.97 Å². The number of halogens is 2. The fraction of sp³-hybridized carbons (Fsp3) is 0.267. The molecular formula is C15H12F2N2O2. The number of carbonyl (C=O) groups excluding carboxylic acids is 1. The number of Topliss-reactive ketones (excluding diaryl/α,β-unsaturated/α-hetero) is 1. The molecule has 4 nitrogen and oxygen atoms in total. The third-order valence-electron chi connectivity index (χ3n) is 3.33. The van der Waals surface area contributed by atoms with Crippen LogP contribution in [-0.2, 0) is 6.42 Å². The summed E-state index contributed by atoms with van der Waals surface area (Å²) in [6.45, 7) is -2.91. The Labute approximate surface area is 119 Å². The molecule has 0 unspecified atom stereocenters. The predicted molar refractivity (Wildman–Crippen MR) is 71.4 cm³/mol. The van der Waals surface area contributed by atoms with E-state index < -0.39 is 6.61 Å². The van der Waals surface area contributed by atoms with Gasteiger partial charge in [-0.2, -0.15) is 8.78 Å². The van der Waals surface area contributed by atoms with E-state index in [0.717, 1.165) is 6.42 Å². The molecule has 0 saturated carbocycles. The van der Waals surface area contributed by atoms with Crippen LogP contribution in [0.2, 0.25) is 0 Å². The van der Waals surface area contributed by atoms with Crippen LogP contribution >= 0.6 is 0 Å². The molecule has 1 heterocycles. The average molecular weight is 290 g/mol. The van der Waals surface area contributed by atoms with Crippen LogP contribution < -0.4 is 4.74 Å². The summed E-state index contributed by atoms with van der Waals surface area (Å²) >= 11 is 0. The van der Waals surface area contributed by atoms with Crippen molar-refractivity contribution < 1.29 is 18.3 Å². The van der Waals surface area contributed by atoms with Crippen LogP contribution in [0.15, 0.2) is 30.5 Å². The van der Waals surface area contributed by atoms with Crippen molar-refractivity contribution in [3.05, 3.63) is 41.7 Å². The second-order valence-corrected chi connectivity index (χ2v) is 4.71. The molecule has 0 fully saturated rings. The van der Waals surface area contributed by atoms with Crippen molar-refractivity contribution in [2.75, 3.05) is 0 Å². The number of aryl methyl sites for hydroxylation is 1. The van der Waals surface area contributed by atoms with E-state index in [4.69, 9.17) is 0 Å². The summed E-state index contributed by atoms with van der Waals surface area (Å²) in [4.78, 5) is 20.2. The van der Waals surface area contributed by atoms with Crippen molar-refractivity contribution in [3.8, 4) is 17.1 Å². The number of alkyl halides is 2. The van der Waals surface area contributed by atoms with Gasteiger partial charge in [-0.15, -0.1) is 0 Å². The molecule has 0 amide bonds. The summed E-state index contributed by atoms with van der Waals surface area (Å²) in [6, 6.07) is 6.35. The van der Waals surface area contributed by atoms with Crippen LogP contribution in [0.4, 0.5) is 8.78 Å². The first kappa shape index (κ1) is 13.6. The van der Waals surface area contributed by atoms with Crippen molar-refractivity contribution in [2.45, 2.75) is 25.9 Å². The Morgan fingerprint density at radius 1 is 1.14 bits per heavy atom. The van der Waals surface area contributed by atoms with E-state index in [0.29, 0.717) is 35.5 Å². The normalized spacial score (nSPS) is 14.1. The summed E-state index contributed by atoms with van der Waals surface area (Å²) < 4.78 is 29.4. The van der Waals surface area contributed by atoms with Crippen molar-refractivity contribution in [2.24, 2.45) is 0 Å². The third kappa shape index (κ3) is 2.74. The van der Waals surface area contributed by atoms with Gasteiger partial charge in [0.05, 0.1) is 16.8 Å². The van der Waals surface area contributed by atoms with Crippen molar-refractivity contribution >= 4 is 5.78 Å². The Morgan fingerprint density at radius 3 is 2.76 bits per heavy atom. The predicted octanol–water partition coefficient (Wildman–Crippen LogP) is 3.26. The van der Waals surface area contributed by atoms with E-state index in [1.165, 1.54) is 12.3 Å². The monoisotopic (exact) mass is 290 g/mol. The van der Waals surface area contributed by atoms with Gasteiger partial charge in [0.25, 0.3) is 0 Å². The lowest BCUT2D eigenvalue weighted by Crippen LogP contribution is -2.14. The van der Waals surface area contributed by atoms with Gasteiger partial charge in [-0.1, -0.05) is 12.1 Å². The van der Waals surface area contributed by atoms with Gasteiger partial charge in [0.15, 0.2) is 11.6 Å². The molecular weight excluding hydrogens is 278 g/mol. The second kappa shape index (κ2) is 5.55. The number of ether oxygens (including phenoxy) is 1. The van der Waals surface area contributed by atoms with Crippen LogP contribution in [0.3, 0.4) is 0 Å². The molecule has 1 aromatic heterocycles. The molecule has 0 bridgehead atoms. The topological polar surface area (TPSA) is 52.1 Å². The number of nitrogens with zero attached hydrogens (tertiary/aromatic N) is 2. The average Bonchev–Trinajstić information content (AvgIpc) is 2.47. The fourth-order valence-electron chi connectivity index (χ4n) is 2.37. The number of hydrogen-bond acceptors (Lipinski definition) is 4. The first-order valence-electron chi connectivity index (χ1n) is 6.58. The minimum Gasteiger partial charge on any atom is -0.434 e. The summed E-state index contributed by atoms with van der Waals surface area (Å²) in [7, 11) is 0. The smallest absolute Gasteiger partial charge is 0.387 e. The molecule has 3 rings (SSSR count). The van der Waals surface area contributed by atoms with E-state index in [2.05, 4.69) is 14.7 Å². The highest BCUT2D eigenvalue weighted by molar-refractivity contribution is 5.97. The number of carbonyl (C=O) groups is 1. The summed E-state index contributed by atoms with van der Waals surface area (Å²) in [5.41, 5.74) is 1.58. The number of para-hydroxylation sites is 1. The van der Waals surface area contributed by atoms with Crippen LogP contribution in [0.1, 0.15) is 28.9 Å². The number of benzene rings is 1. The van der Waals surface area contributed by atoms with Gasteiger partial charge in [0.1, 0.15) is 5.75 Å². The van der Waals surface area contributed by atoms with Crippen LogP contribution in [0.25, 0.3) is 11.4 Å². The van der Waals surface area contributed by atoms with Crippen molar-refractivity contribution in [3.63, 3.8) is 0 Å². The van der Waals surface area contributed by atoms with E-state index in [1.54, 1.807) is 18.2 Å². The van der Waals surface area contributed by atoms with Gasteiger partial charge in [-0.25, -0.2) is 9.97 Å². The molecule has 1 aromatic carbocycles. The summed E-state index contributed by atoms with van der Waals surface area (Å²) in [6.07, 6.45) is 3.41. The van der Waals surface area contributed by atoms with E-state index in [9.17, 15) is 13.6 Å². The highest BCUT2D eigenvalue weighted by atomic mass is 19.3. The first-order chi connectivity index (χ1) is 10.1. The standard InChI is InChI=1S/C15H12F2N2O2/c16-15(17)21-13-7-2-1-4-9(13)14-18-8-10-11(19-14)5-3-6-12(10)20/h1-2,4,7-8,15H,3,5-6H2. The zero-order valence-electron chi connectivity index (χ0n) is 11.1. The van der Waals surface area contributed by atoms with Gasteiger partial charge in [0, 0.05) is 12.6 Å². The summed E-state index contributed by atoms with van der Waals surface area (Å²) in [5.74, 6) is 0.342. The minimum absolute atomic E-state index is 0.0228. The number of hydrogen-bond donors (Lipinski definition) is 0. The van der Waals surface area contributed by atoms with Crippen LogP contribution in [0, 0.1) is 0 Å². The third-order valence-corrected chi connectivity index (χ3v) is 3.33. The van der Waals surface area contributed by atoms with Gasteiger partial charge in [-0.05, 0) is 25.0 Å². The highest BCUT2D eigenvalue weighted by Gasteiger charge is 2.21. The Hall–Kier alpha value is -2.37. The molecule has 2 aromatic rings. The lowest BCUT2D eigenvalue weighted by Gasteiger charge is -2.15. The number of rotatable bonds is 3. The molecule has 108 valence electrons. The van der Waals surface area contributed by atoms with Gasteiger partial charge in [-0.3, -0.25) is 4.79 Å². The Balaban J connectivity index is 2.03. The quantitative estimate of drug-likeness (QED) is 0.870. The maximum Gasteiger partial charge on any atom is 0.387 e. The van der Waals surface area contributed by atoms with Gasteiger partial charge in [0.2, 0.25) is 0 Å². The SMILES string of the molecule is O=C1CCCc2nc(-c3ccccc3OC(F)F)ncc21. The minimum atomic E-state index is -2.91. The first-order valence-corrected chi connectivity index (χ1v) is 6.58. The lowest BCUT2D eigenvalue weighted by molar-refractivity contribution is -0.0494. The zero-order valence-corrected chi connectivity index (χ0v) is 11.1. The van der Waals surface area contributed by atoms with Crippen molar-refractivity contribution in [1.29, 1.82) is 0 Å². The molecule has 0 N–H and O–H groups in total. The maximum absolute atomic E-state index is 12.4. The molecule has 0 spiro atoms. The van der Waals surface area contributed by atoms with Gasteiger partial charge >= 0.3 is 6.61 Å².